The van der Waals surface area contributed by atoms with Crippen LogP contribution in [-0.2, 0) is 21.2 Å². The Morgan fingerprint density at radius 3 is 2.70 bits per heavy atom. The molecular formula is C13H20N2O3S2. The fourth-order valence-electron chi connectivity index (χ4n) is 2.34. The van der Waals surface area contributed by atoms with E-state index in [0.717, 1.165) is 17.7 Å². The Hall–Kier alpha value is -0.920. The normalized spacial score (nSPS) is 18.1. The maximum absolute atomic E-state index is 11.8. The number of piperidine rings is 1. The third-order valence-corrected chi connectivity index (χ3v) is 5.72. The minimum atomic E-state index is -3.07. The van der Waals surface area contributed by atoms with Crippen molar-refractivity contribution < 1.29 is 13.2 Å². The van der Waals surface area contributed by atoms with E-state index in [2.05, 4.69) is 5.32 Å². The summed E-state index contributed by atoms with van der Waals surface area (Å²) in [6.45, 7) is 1.76. The van der Waals surface area contributed by atoms with Gasteiger partial charge in [0.2, 0.25) is 15.9 Å². The van der Waals surface area contributed by atoms with Crippen LogP contribution in [0.2, 0.25) is 0 Å². The van der Waals surface area contributed by atoms with Crippen LogP contribution in [0.1, 0.15) is 17.7 Å². The summed E-state index contributed by atoms with van der Waals surface area (Å²) in [6.07, 6.45) is 3.30. The monoisotopic (exact) mass is 316 g/mol. The maximum Gasteiger partial charge on any atom is 0.225 e. The second kappa shape index (κ2) is 6.69. The zero-order chi connectivity index (χ0) is 14.6. The van der Waals surface area contributed by atoms with Gasteiger partial charge in [0.15, 0.2) is 0 Å². The van der Waals surface area contributed by atoms with Crippen molar-refractivity contribution in [3.8, 4) is 0 Å². The SMILES string of the molecule is CS(=O)(=O)N1CCC(CNC(=O)Cc2cccs2)CC1. The van der Waals surface area contributed by atoms with Crippen molar-refractivity contribution >= 4 is 27.3 Å². The minimum absolute atomic E-state index is 0.0398. The topological polar surface area (TPSA) is 66.5 Å². The van der Waals surface area contributed by atoms with Crippen LogP contribution in [0.15, 0.2) is 17.5 Å². The molecule has 2 heterocycles. The van der Waals surface area contributed by atoms with Crippen LogP contribution in [-0.4, -0.2) is 44.5 Å². The fourth-order valence-corrected chi connectivity index (χ4v) is 3.91. The average molecular weight is 316 g/mol. The Kier molecular flexibility index (Phi) is 5.17. The fraction of sp³-hybridized carbons (Fsp3) is 0.615. The van der Waals surface area contributed by atoms with Gasteiger partial charge in [-0.15, -0.1) is 11.3 Å². The van der Waals surface area contributed by atoms with E-state index in [1.54, 1.807) is 11.3 Å². The van der Waals surface area contributed by atoms with Gasteiger partial charge in [0, 0.05) is 24.5 Å². The molecule has 1 fully saturated rings. The molecule has 1 aliphatic heterocycles. The van der Waals surface area contributed by atoms with Crippen LogP contribution in [0.4, 0.5) is 0 Å². The molecule has 0 aliphatic carbocycles. The van der Waals surface area contributed by atoms with E-state index in [9.17, 15) is 13.2 Å². The predicted octanol–water partition coefficient (Wildman–Crippen LogP) is 1.08. The zero-order valence-electron chi connectivity index (χ0n) is 11.5. The van der Waals surface area contributed by atoms with Gasteiger partial charge in [0.25, 0.3) is 0 Å². The number of amides is 1. The second-order valence-corrected chi connectivity index (χ2v) is 8.18. The van der Waals surface area contributed by atoms with Gasteiger partial charge in [0.1, 0.15) is 0 Å². The number of hydrogen-bond donors (Lipinski definition) is 1. The number of thiophene rings is 1. The lowest BCUT2D eigenvalue weighted by Gasteiger charge is -2.30. The number of carbonyl (C=O) groups is 1. The molecular weight excluding hydrogens is 296 g/mol. The molecule has 1 amide bonds. The highest BCUT2D eigenvalue weighted by Crippen LogP contribution is 2.18. The lowest BCUT2D eigenvalue weighted by atomic mass is 9.98. The van der Waals surface area contributed by atoms with Gasteiger partial charge in [0.05, 0.1) is 12.7 Å². The Morgan fingerprint density at radius 1 is 1.45 bits per heavy atom. The molecule has 0 spiro atoms. The largest absolute Gasteiger partial charge is 0.356 e. The van der Waals surface area contributed by atoms with Crippen LogP contribution >= 0.6 is 11.3 Å². The summed E-state index contributed by atoms with van der Waals surface area (Å²) in [6, 6.07) is 3.89. The van der Waals surface area contributed by atoms with Crippen molar-refractivity contribution in [2.24, 2.45) is 5.92 Å². The second-order valence-electron chi connectivity index (χ2n) is 5.17. The van der Waals surface area contributed by atoms with Crippen LogP contribution in [0.3, 0.4) is 0 Å². The van der Waals surface area contributed by atoms with E-state index in [-0.39, 0.29) is 5.91 Å². The van der Waals surface area contributed by atoms with E-state index in [1.165, 1.54) is 10.6 Å². The van der Waals surface area contributed by atoms with Crippen LogP contribution in [0, 0.1) is 5.92 Å². The molecule has 1 N–H and O–H groups in total. The highest BCUT2D eigenvalue weighted by Gasteiger charge is 2.24. The van der Waals surface area contributed by atoms with Gasteiger partial charge < -0.3 is 5.32 Å². The summed E-state index contributed by atoms with van der Waals surface area (Å²) in [4.78, 5) is 12.8. The summed E-state index contributed by atoms with van der Waals surface area (Å²) < 4.78 is 24.3. The minimum Gasteiger partial charge on any atom is -0.356 e. The Balaban J connectivity index is 1.70. The number of nitrogens with one attached hydrogen (secondary N) is 1. The summed E-state index contributed by atoms with van der Waals surface area (Å²) in [7, 11) is -3.07. The summed E-state index contributed by atoms with van der Waals surface area (Å²) in [5.41, 5.74) is 0. The van der Waals surface area contributed by atoms with Crippen molar-refractivity contribution in [1.29, 1.82) is 0 Å². The molecule has 0 saturated carbocycles. The Labute approximate surface area is 124 Å². The molecule has 1 aromatic heterocycles. The molecule has 20 heavy (non-hydrogen) atoms. The van der Waals surface area contributed by atoms with Gasteiger partial charge in [-0.05, 0) is 30.2 Å². The quantitative estimate of drug-likeness (QED) is 0.884. The van der Waals surface area contributed by atoms with Gasteiger partial charge in [-0.2, -0.15) is 0 Å². The highest BCUT2D eigenvalue weighted by atomic mass is 32.2. The number of rotatable bonds is 5. The molecule has 1 aliphatic rings. The molecule has 0 unspecified atom stereocenters. The first-order valence-corrected chi connectivity index (χ1v) is 9.42. The number of sulfonamides is 1. The number of hydrogen-bond acceptors (Lipinski definition) is 4. The van der Waals surface area contributed by atoms with Crippen LogP contribution in [0.5, 0.6) is 0 Å². The zero-order valence-corrected chi connectivity index (χ0v) is 13.2. The Morgan fingerprint density at radius 2 is 2.15 bits per heavy atom. The first-order chi connectivity index (χ1) is 9.45. The number of carbonyl (C=O) groups excluding carboxylic acids is 1. The third-order valence-electron chi connectivity index (χ3n) is 3.55. The van der Waals surface area contributed by atoms with E-state index in [1.807, 2.05) is 17.5 Å². The molecule has 7 heteroatoms. The molecule has 112 valence electrons. The molecule has 0 radical (unpaired) electrons. The standard InChI is InChI=1S/C13H20N2O3S2/c1-20(17,18)15-6-4-11(5-7-15)10-14-13(16)9-12-3-2-8-19-12/h2-3,8,11H,4-7,9-10H2,1H3,(H,14,16). The van der Waals surface area contributed by atoms with E-state index >= 15 is 0 Å². The predicted molar refractivity (Wildman–Crippen MR) is 80.2 cm³/mol. The van der Waals surface area contributed by atoms with Crippen molar-refractivity contribution in [1.82, 2.24) is 9.62 Å². The smallest absolute Gasteiger partial charge is 0.225 e. The van der Waals surface area contributed by atoms with Crippen molar-refractivity contribution in [3.63, 3.8) is 0 Å². The van der Waals surface area contributed by atoms with Gasteiger partial charge in [-0.25, -0.2) is 12.7 Å². The molecule has 5 nitrogen and oxygen atoms in total. The molecule has 1 saturated heterocycles. The van der Waals surface area contributed by atoms with Crippen LogP contribution < -0.4 is 5.32 Å². The van der Waals surface area contributed by atoms with Crippen molar-refractivity contribution in [2.45, 2.75) is 19.3 Å². The lowest BCUT2D eigenvalue weighted by molar-refractivity contribution is -0.120. The van der Waals surface area contributed by atoms with Gasteiger partial charge >= 0.3 is 0 Å². The lowest BCUT2D eigenvalue weighted by Crippen LogP contribution is -2.41. The van der Waals surface area contributed by atoms with E-state index < -0.39 is 10.0 Å². The maximum atomic E-state index is 11.8. The molecule has 1 aromatic rings. The van der Waals surface area contributed by atoms with Crippen molar-refractivity contribution in [2.75, 3.05) is 25.9 Å². The Bertz CT molecular complexity index is 532. The first-order valence-electron chi connectivity index (χ1n) is 6.69. The van der Waals surface area contributed by atoms with Gasteiger partial charge in [-0.3, -0.25) is 4.79 Å². The molecule has 0 atom stereocenters. The average Bonchev–Trinajstić information content (AvgIpc) is 2.88. The number of nitrogens with zero attached hydrogens (tertiary/aromatic N) is 1. The van der Waals surface area contributed by atoms with Gasteiger partial charge in [-0.1, -0.05) is 6.07 Å². The summed E-state index contributed by atoms with van der Waals surface area (Å²) in [5.74, 6) is 0.415. The molecule has 0 aromatic carbocycles. The first kappa shape index (κ1) is 15.5. The van der Waals surface area contributed by atoms with E-state index in [4.69, 9.17) is 0 Å². The van der Waals surface area contributed by atoms with Crippen LogP contribution in [0.25, 0.3) is 0 Å². The van der Waals surface area contributed by atoms with Crippen molar-refractivity contribution in [3.05, 3.63) is 22.4 Å². The van der Waals surface area contributed by atoms with E-state index in [0.29, 0.717) is 32.0 Å². The highest BCUT2D eigenvalue weighted by molar-refractivity contribution is 7.88. The summed E-state index contributed by atoms with van der Waals surface area (Å²) in [5, 5.41) is 4.91. The third kappa shape index (κ3) is 4.57. The summed E-state index contributed by atoms with van der Waals surface area (Å²) >= 11 is 1.58. The molecule has 2 rings (SSSR count). The molecule has 0 bridgehead atoms.